The van der Waals surface area contributed by atoms with Crippen LogP contribution >= 0.6 is 0 Å². The molecule has 1 spiro atoms. The Bertz CT molecular complexity index is 199. The van der Waals surface area contributed by atoms with Crippen molar-refractivity contribution >= 4 is 0 Å². The lowest BCUT2D eigenvalue weighted by molar-refractivity contribution is -0.179. The van der Waals surface area contributed by atoms with Gasteiger partial charge in [0, 0.05) is 24.9 Å². The van der Waals surface area contributed by atoms with Crippen molar-refractivity contribution in [1.29, 1.82) is 0 Å². The summed E-state index contributed by atoms with van der Waals surface area (Å²) < 4.78 is 11.4. The van der Waals surface area contributed by atoms with Gasteiger partial charge in [0.1, 0.15) is 0 Å². The molecule has 3 rings (SSSR count). The van der Waals surface area contributed by atoms with Gasteiger partial charge in [-0.15, -0.1) is 0 Å². The third-order valence-corrected chi connectivity index (χ3v) is 3.61. The lowest BCUT2D eigenvalue weighted by Crippen LogP contribution is -2.42. The van der Waals surface area contributed by atoms with E-state index < -0.39 is 0 Å². The molecular weight excluding hydrogens is 178 g/mol. The number of rotatable bonds is 2. The van der Waals surface area contributed by atoms with Crippen LogP contribution in [-0.2, 0) is 9.47 Å². The van der Waals surface area contributed by atoms with E-state index >= 15 is 0 Å². The molecule has 0 atom stereocenters. The van der Waals surface area contributed by atoms with Gasteiger partial charge < -0.3 is 14.8 Å². The van der Waals surface area contributed by atoms with Crippen molar-refractivity contribution in [1.82, 2.24) is 5.32 Å². The van der Waals surface area contributed by atoms with Crippen molar-refractivity contribution in [3.63, 3.8) is 0 Å². The smallest absolute Gasteiger partial charge is 0.168 e. The highest BCUT2D eigenvalue weighted by Crippen LogP contribution is 2.36. The van der Waals surface area contributed by atoms with E-state index in [1.54, 1.807) is 0 Å². The second-order valence-electron chi connectivity index (χ2n) is 4.82. The van der Waals surface area contributed by atoms with Crippen LogP contribution < -0.4 is 5.32 Å². The molecule has 2 saturated carbocycles. The minimum absolute atomic E-state index is 0.179. The third kappa shape index (κ3) is 1.81. The molecular formula is C11H19NO2. The van der Waals surface area contributed by atoms with Gasteiger partial charge in [0.15, 0.2) is 5.79 Å². The van der Waals surface area contributed by atoms with Gasteiger partial charge in [0.05, 0.1) is 13.2 Å². The molecule has 0 unspecified atom stereocenters. The van der Waals surface area contributed by atoms with E-state index in [1.165, 1.54) is 25.7 Å². The van der Waals surface area contributed by atoms with E-state index in [0.717, 1.165) is 38.1 Å². The van der Waals surface area contributed by atoms with Gasteiger partial charge in [0.2, 0.25) is 0 Å². The first-order chi connectivity index (χ1) is 6.86. The Balaban J connectivity index is 1.50. The maximum Gasteiger partial charge on any atom is 0.168 e. The molecule has 0 amide bonds. The lowest BCUT2D eigenvalue weighted by Gasteiger charge is -2.35. The topological polar surface area (TPSA) is 30.5 Å². The summed E-state index contributed by atoms with van der Waals surface area (Å²) in [4.78, 5) is 0. The number of nitrogens with one attached hydrogen (secondary N) is 1. The Labute approximate surface area is 85.1 Å². The van der Waals surface area contributed by atoms with Gasteiger partial charge in [-0.05, 0) is 25.7 Å². The summed E-state index contributed by atoms with van der Waals surface area (Å²) in [6, 6.07) is 1.56. The zero-order valence-electron chi connectivity index (χ0n) is 8.63. The molecule has 3 fully saturated rings. The lowest BCUT2D eigenvalue weighted by atomic mass is 9.90. The Hall–Kier alpha value is -0.120. The van der Waals surface area contributed by atoms with E-state index in [1.807, 2.05) is 0 Å². The van der Waals surface area contributed by atoms with Gasteiger partial charge in [0.25, 0.3) is 0 Å². The summed E-state index contributed by atoms with van der Waals surface area (Å²) in [6.07, 6.45) is 7.37. The van der Waals surface area contributed by atoms with Crippen molar-refractivity contribution in [2.24, 2.45) is 0 Å². The monoisotopic (exact) mass is 197 g/mol. The first kappa shape index (κ1) is 9.13. The maximum absolute atomic E-state index is 5.70. The largest absolute Gasteiger partial charge is 0.348 e. The van der Waals surface area contributed by atoms with E-state index in [9.17, 15) is 0 Å². The first-order valence-corrected chi connectivity index (χ1v) is 5.90. The molecule has 1 heterocycles. The summed E-state index contributed by atoms with van der Waals surface area (Å²) in [5.41, 5.74) is 0. The van der Waals surface area contributed by atoms with Crippen LogP contribution in [0, 0.1) is 0 Å². The molecule has 1 N–H and O–H groups in total. The Kier molecular flexibility index (Phi) is 2.26. The average molecular weight is 197 g/mol. The molecule has 0 aromatic heterocycles. The van der Waals surface area contributed by atoms with Crippen molar-refractivity contribution in [3.05, 3.63) is 0 Å². The van der Waals surface area contributed by atoms with Crippen LogP contribution in [0.1, 0.15) is 38.5 Å². The van der Waals surface area contributed by atoms with Crippen LogP contribution in [0.3, 0.4) is 0 Å². The summed E-state index contributed by atoms with van der Waals surface area (Å²) in [5.74, 6) is -0.179. The molecule has 80 valence electrons. The average Bonchev–Trinajstić information content (AvgIpc) is 2.91. The third-order valence-electron chi connectivity index (χ3n) is 3.61. The minimum atomic E-state index is -0.179. The van der Waals surface area contributed by atoms with E-state index in [0.29, 0.717) is 0 Å². The molecule has 3 heteroatoms. The van der Waals surface area contributed by atoms with Crippen molar-refractivity contribution in [2.45, 2.75) is 56.4 Å². The van der Waals surface area contributed by atoms with Gasteiger partial charge in [-0.1, -0.05) is 0 Å². The van der Waals surface area contributed by atoms with Crippen LogP contribution in [0.5, 0.6) is 0 Å². The molecule has 0 radical (unpaired) electrons. The predicted octanol–water partition coefficient (Wildman–Crippen LogP) is 1.42. The highest BCUT2D eigenvalue weighted by atomic mass is 16.7. The standard InChI is InChI=1S/C11H19NO2/c1-2-9(1)12-10-3-5-11(6-4-10)13-7-8-14-11/h9-10,12H,1-8H2. The molecule has 0 aromatic carbocycles. The zero-order valence-corrected chi connectivity index (χ0v) is 8.63. The first-order valence-electron chi connectivity index (χ1n) is 5.90. The van der Waals surface area contributed by atoms with E-state index in [-0.39, 0.29) is 5.79 Å². The number of ether oxygens (including phenoxy) is 2. The molecule has 1 saturated heterocycles. The van der Waals surface area contributed by atoms with Crippen LogP contribution in [0.25, 0.3) is 0 Å². The molecule has 3 nitrogen and oxygen atoms in total. The SMILES string of the molecule is C1COC2(CCC(NC3CC3)CC2)O1. The van der Waals surface area contributed by atoms with Gasteiger partial charge >= 0.3 is 0 Å². The predicted molar refractivity (Wildman–Crippen MR) is 53.0 cm³/mol. The fraction of sp³-hybridized carbons (Fsp3) is 1.00. The Morgan fingerprint density at radius 3 is 2.00 bits per heavy atom. The van der Waals surface area contributed by atoms with Gasteiger partial charge in [-0.25, -0.2) is 0 Å². The second kappa shape index (κ2) is 3.47. The van der Waals surface area contributed by atoms with Crippen LogP contribution in [0.15, 0.2) is 0 Å². The number of hydrogen-bond acceptors (Lipinski definition) is 3. The molecule has 0 aromatic rings. The summed E-state index contributed by atoms with van der Waals surface area (Å²) in [7, 11) is 0. The van der Waals surface area contributed by atoms with Crippen molar-refractivity contribution < 1.29 is 9.47 Å². The Morgan fingerprint density at radius 1 is 0.857 bits per heavy atom. The number of hydrogen-bond donors (Lipinski definition) is 1. The van der Waals surface area contributed by atoms with Crippen molar-refractivity contribution in [2.75, 3.05) is 13.2 Å². The zero-order chi connectivity index (χ0) is 9.43. The maximum atomic E-state index is 5.70. The van der Waals surface area contributed by atoms with Gasteiger partial charge in [-0.2, -0.15) is 0 Å². The second-order valence-corrected chi connectivity index (χ2v) is 4.82. The highest BCUT2D eigenvalue weighted by molar-refractivity contribution is 4.90. The van der Waals surface area contributed by atoms with Crippen LogP contribution in [0.2, 0.25) is 0 Å². The van der Waals surface area contributed by atoms with E-state index in [4.69, 9.17) is 9.47 Å². The molecule has 14 heavy (non-hydrogen) atoms. The van der Waals surface area contributed by atoms with Crippen molar-refractivity contribution in [3.8, 4) is 0 Å². The minimum Gasteiger partial charge on any atom is -0.348 e. The summed E-state index contributed by atoms with van der Waals surface area (Å²) >= 11 is 0. The summed E-state index contributed by atoms with van der Waals surface area (Å²) in [5, 5.41) is 3.69. The Morgan fingerprint density at radius 2 is 1.43 bits per heavy atom. The fourth-order valence-corrected chi connectivity index (χ4v) is 2.59. The quantitative estimate of drug-likeness (QED) is 0.726. The van der Waals surface area contributed by atoms with Crippen LogP contribution in [-0.4, -0.2) is 31.1 Å². The normalized spacial score (nSPS) is 32.6. The van der Waals surface area contributed by atoms with Gasteiger partial charge in [-0.3, -0.25) is 0 Å². The highest BCUT2D eigenvalue weighted by Gasteiger charge is 2.41. The molecule has 3 aliphatic rings. The molecule has 0 bridgehead atoms. The van der Waals surface area contributed by atoms with Crippen LogP contribution in [0.4, 0.5) is 0 Å². The molecule has 1 aliphatic heterocycles. The fourth-order valence-electron chi connectivity index (χ4n) is 2.59. The molecule has 2 aliphatic carbocycles. The van der Waals surface area contributed by atoms with E-state index in [2.05, 4.69) is 5.32 Å². The summed E-state index contributed by atoms with van der Waals surface area (Å²) in [6.45, 7) is 1.58.